The zero-order valence-corrected chi connectivity index (χ0v) is 15.8. The van der Waals surface area contributed by atoms with Gasteiger partial charge in [0.05, 0.1) is 18.6 Å². The van der Waals surface area contributed by atoms with E-state index in [9.17, 15) is 9.59 Å². The second-order valence-corrected chi connectivity index (χ2v) is 7.49. The molecule has 25 heavy (non-hydrogen) atoms. The number of hydrogen-bond acceptors (Lipinski definition) is 6. The molecule has 2 aromatic rings. The van der Waals surface area contributed by atoms with Crippen molar-refractivity contribution in [2.45, 2.75) is 13.3 Å². The number of nitrogens with one attached hydrogen (secondary N) is 2. The van der Waals surface area contributed by atoms with Gasteiger partial charge in [-0.3, -0.25) is 9.59 Å². The molecule has 2 amide bonds. The van der Waals surface area contributed by atoms with E-state index in [-0.39, 0.29) is 23.3 Å². The number of carbonyl (C=O) groups is 2. The van der Waals surface area contributed by atoms with Gasteiger partial charge in [-0.2, -0.15) is 0 Å². The predicted molar refractivity (Wildman–Crippen MR) is 103 cm³/mol. The van der Waals surface area contributed by atoms with E-state index in [1.54, 1.807) is 13.3 Å². The molecule has 1 aromatic carbocycles. The first-order chi connectivity index (χ1) is 12.1. The van der Waals surface area contributed by atoms with E-state index >= 15 is 0 Å². The van der Waals surface area contributed by atoms with Crippen LogP contribution in [0.25, 0.3) is 0 Å². The van der Waals surface area contributed by atoms with Crippen LogP contribution in [0.15, 0.2) is 30.5 Å². The molecule has 8 heteroatoms. The summed E-state index contributed by atoms with van der Waals surface area (Å²) in [6, 6.07) is 7.75. The second kappa shape index (κ2) is 10.0. The molecular weight excluding hydrogens is 358 g/mol. The number of thioether (sulfide) groups is 1. The molecule has 0 saturated carbocycles. The molecule has 0 unspecified atom stereocenters. The predicted octanol–water partition coefficient (Wildman–Crippen LogP) is 2.49. The van der Waals surface area contributed by atoms with Crippen molar-refractivity contribution in [1.82, 2.24) is 10.3 Å². The van der Waals surface area contributed by atoms with E-state index in [0.717, 1.165) is 22.6 Å². The third-order valence-electron chi connectivity index (χ3n) is 3.23. The standard InChI is InChI=1S/C17H21N3O3S2/c1-12-9-19-17(25-12)20-16(22)11-24-10-15(21)18-8-7-13-3-5-14(23-2)6-4-13/h3-6,9H,7-8,10-11H2,1-2H3,(H,18,21)(H,19,20,22). The smallest absolute Gasteiger partial charge is 0.236 e. The van der Waals surface area contributed by atoms with Crippen LogP contribution in [0.5, 0.6) is 5.75 Å². The Bertz CT molecular complexity index is 701. The average molecular weight is 380 g/mol. The number of benzene rings is 1. The molecule has 6 nitrogen and oxygen atoms in total. The zero-order valence-electron chi connectivity index (χ0n) is 14.2. The lowest BCUT2D eigenvalue weighted by atomic mass is 10.1. The molecule has 1 heterocycles. The second-order valence-electron chi connectivity index (χ2n) is 5.27. The maximum Gasteiger partial charge on any atom is 0.236 e. The van der Waals surface area contributed by atoms with Crippen LogP contribution in [-0.2, 0) is 16.0 Å². The first-order valence-corrected chi connectivity index (χ1v) is 9.73. The number of amides is 2. The van der Waals surface area contributed by atoms with Crippen molar-refractivity contribution in [3.63, 3.8) is 0 Å². The summed E-state index contributed by atoms with van der Waals surface area (Å²) in [6.07, 6.45) is 2.47. The number of anilines is 1. The third-order valence-corrected chi connectivity index (χ3v) is 4.99. The molecule has 0 saturated heterocycles. The van der Waals surface area contributed by atoms with Crippen LogP contribution in [-0.4, -0.2) is 42.0 Å². The van der Waals surface area contributed by atoms with Crippen LogP contribution < -0.4 is 15.4 Å². The number of methoxy groups -OCH3 is 1. The van der Waals surface area contributed by atoms with Gasteiger partial charge in [-0.1, -0.05) is 12.1 Å². The molecule has 2 N–H and O–H groups in total. The Hall–Kier alpha value is -2.06. The van der Waals surface area contributed by atoms with Crippen LogP contribution in [0.3, 0.4) is 0 Å². The molecule has 0 aliphatic carbocycles. The molecule has 0 spiro atoms. The van der Waals surface area contributed by atoms with Gasteiger partial charge in [0.25, 0.3) is 0 Å². The van der Waals surface area contributed by atoms with Crippen LogP contribution in [0.1, 0.15) is 10.4 Å². The molecule has 0 bridgehead atoms. The number of carbonyl (C=O) groups excluding carboxylic acids is 2. The molecule has 2 rings (SSSR count). The average Bonchev–Trinajstić information content (AvgIpc) is 3.00. The fourth-order valence-electron chi connectivity index (χ4n) is 1.99. The van der Waals surface area contributed by atoms with E-state index in [1.807, 2.05) is 31.2 Å². The van der Waals surface area contributed by atoms with E-state index in [1.165, 1.54) is 23.1 Å². The Balaban J connectivity index is 1.58. The Kier molecular flexibility index (Phi) is 7.75. The van der Waals surface area contributed by atoms with Crippen LogP contribution in [0.2, 0.25) is 0 Å². The normalized spacial score (nSPS) is 10.3. The highest BCUT2D eigenvalue weighted by atomic mass is 32.2. The minimum atomic E-state index is -0.148. The topological polar surface area (TPSA) is 80.3 Å². The largest absolute Gasteiger partial charge is 0.497 e. The maximum atomic E-state index is 11.8. The van der Waals surface area contributed by atoms with Crippen molar-refractivity contribution in [2.75, 3.05) is 30.5 Å². The Morgan fingerprint density at radius 3 is 2.56 bits per heavy atom. The summed E-state index contributed by atoms with van der Waals surface area (Å²) < 4.78 is 5.11. The SMILES string of the molecule is COc1ccc(CCNC(=O)CSCC(=O)Nc2ncc(C)s2)cc1. The quantitative estimate of drug-likeness (QED) is 0.700. The number of nitrogens with zero attached hydrogens (tertiary/aromatic N) is 1. The van der Waals surface area contributed by atoms with E-state index in [0.29, 0.717) is 11.7 Å². The van der Waals surface area contributed by atoms with Crippen molar-refractivity contribution in [3.8, 4) is 5.75 Å². The highest BCUT2D eigenvalue weighted by Crippen LogP contribution is 2.16. The lowest BCUT2D eigenvalue weighted by Crippen LogP contribution is -2.28. The van der Waals surface area contributed by atoms with Gasteiger partial charge < -0.3 is 15.4 Å². The summed E-state index contributed by atoms with van der Waals surface area (Å²) in [6.45, 7) is 2.49. The van der Waals surface area contributed by atoms with Gasteiger partial charge in [0.2, 0.25) is 11.8 Å². The minimum absolute atomic E-state index is 0.0728. The third kappa shape index (κ3) is 7.15. The fraction of sp³-hybridized carbons (Fsp3) is 0.353. The van der Waals surface area contributed by atoms with Crippen LogP contribution >= 0.6 is 23.1 Å². The van der Waals surface area contributed by atoms with Crippen LogP contribution in [0.4, 0.5) is 5.13 Å². The highest BCUT2D eigenvalue weighted by Gasteiger charge is 2.07. The number of thiazole rings is 1. The van der Waals surface area contributed by atoms with Crippen molar-refractivity contribution in [3.05, 3.63) is 40.9 Å². The molecule has 0 aliphatic rings. The maximum absolute atomic E-state index is 11.8. The van der Waals surface area contributed by atoms with Crippen LogP contribution in [0, 0.1) is 6.92 Å². The van der Waals surface area contributed by atoms with Crippen molar-refractivity contribution >= 4 is 40.0 Å². The van der Waals surface area contributed by atoms with Gasteiger partial charge >= 0.3 is 0 Å². The lowest BCUT2D eigenvalue weighted by Gasteiger charge is -2.06. The number of rotatable bonds is 9. The minimum Gasteiger partial charge on any atom is -0.497 e. The zero-order chi connectivity index (χ0) is 18.1. The molecular formula is C17H21N3O3S2. The van der Waals surface area contributed by atoms with Gasteiger partial charge in [-0.05, 0) is 31.0 Å². The Labute approximate surface area is 155 Å². The monoisotopic (exact) mass is 379 g/mol. The lowest BCUT2D eigenvalue weighted by molar-refractivity contribution is -0.118. The van der Waals surface area contributed by atoms with Gasteiger partial charge in [0, 0.05) is 17.6 Å². The fourth-order valence-corrected chi connectivity index (χ4v) is 3.32. The molecule has 0 aliphatic heterocycles. The Morgan fingerprint density at radius 1 is 1.20 bits per heavy atom. The van der Waals surface area contributed by atoms with E-state index in [4.69, 9.17) is 4.74 Å². The number of ether oxygens (including phenoxy) is 1. The summed E-state index contributed by atoms with van der Waals surface area (Å²) in [5, 5.41) is 6.16. The van der Waals surface area contributed by atoms with E-state index in [2.05, 4.69) is 15.6 Å². The number of aryl methyl sites for hydroxylation is 1. The van der Waals surface area contributed by atoms with Crippen molar-refractivity contribution in [2.24, 2.45) is 0 Å². The van der Waals surface area contributed by atoms with Gasteiger partial charge in [-0.15, -0.1) is 23.1 Å². The first kappa shape index (κ1) is 19.3. The summed E-state index contributed by atoms with van der Waals surface area (Å²) in [7, 11) is 1.63. The number of hydrogen-bond donors (Lipinski definition) is 2. The molecule has 134 valence electrons. The highest BCUT2D eigenvalue weighted by molar-refractivity contribution is 8.00. The number of aromatic nitrogens is 1. The molecule has 0 radical (unpaired) electrons. The Morgan fingerprint density at radius 2 is 1.92 bits per heavy atom. The van der Waals surface area contributed by atoms with Gasteiger partial charge in [0.15, 0.2) is 5.13 Å². The molecule has 1 aromatic heterocycles. The first-order valence-electron chi connectivity index (χ1n) is 7.76. The van der Waals surface area contributed by atoms with Gasteiger partial charge in [0.1, 0.15) is 5.75 Å². The van der Waals surface area contributed by atoms with Crippen molar-refractivity contribution in [1.29, 1.82) is 0 Å². The molecule has 0 fully saturated rings. The van der Waals surface area contributed by atoms with Gasteiger partial charge in [-0.25, -0.2) is 4.98 Å². The van der Waals surface area contributed by atoms with Crippen molar-refractivity contribution < 1.29 is 14.3 Å². The summed E-state index contributed by atoms with van der Waals surface area (Å²) in [4.78, 5) is 28.6. The van der Waals surface area contributed by atoms with E-state index < -0.39 is 0 Å². The summed E-state index contributed by atoms with van der Waals surface area (Å²) in [5.74, 6) is 1.08. The summed E-state index contributed by atoms with van der Waals surface area (Å²) in [5.41, 5.74) is 1.13. The summed E-state index contributed by atoms with van der Waals surface area (Å²) >= 11 is 2.71. The molecule has 0 atom stereocenters.